The maximum absolute atomic E-state index is 11.4. The van der Waals surface area contributed by atoms with E-state index in [2.05, 4.69) is 6.58 Å². The summed E-state index contributed by atoms with van der Waals surface area (Å²) in [6.07, 6.45) is -9.07. The molecule has 11 atom stereocenters. The highest BCUT2D eigenvalue weighted by Crippen LogP contribution is 2.49. The molecule has 0 bridgehead atoms. The molecule has 0 aromatic carbocycles. The monoisotopic (exact) mass is 506 g/mol. The summed E-state index contributed by atoms with van der Waals surface area (Å²) in [5.74, 6) is 0. The summed E-state index contributed by atoms with van der Waals surface area (Å²) in [6.45, 7) is 9.02. The Morgan fingerprint density at radius 1 is 0.971 bits per heavy atom. The molecule has 3 fully saturated rings. The van der Waals surface area contributed by atoms with Gasteiger partial charge in [0.1, 0.15) is 42.7 Å². The third-order valence-corrected chi connectivity index (χ3v) is 7.86. The molecule has 0 aromatic rings. The van der Waals surface area contributed by atoms with Crippen LogP contribution < -0.4 is 0 Å². The van der Waals surface area contributed by atoms with Crippen LogP contribution in [0.1, 0.15) is 52.9 Å². The van der Waals surface area contributed by atoms with Crippen molar-refractivity contribution in [3.05, 3.63) is 12.2 Å². The van der Waals surface area contributed by atoms with Gasteiger partial charge in [-0.1, -0.05) is 20.4 Å². The fourth-order valence-corrected chi connectivity index (χ4v) is 5.22. The maximum atomic E-state index is 11.4. The van der Waals surface area contributed by atoms with E-state index in [0.29, 0.717) is 12.8 Å². The lowest BCUT2D eigenvalue weighted by atomic mass is 9.61. The predicted molar refractivity (Wildman–Crippen MR) is 122 cm³/mol. The third kappa shape index (κ3) is 5.91. The normalized spacial score (nSPS) is 45.0. The van der Waals surface area contributed by atoms with Gasteiger partial charge in [-0.05, 0) is 50.0 Å². The van der Waals surface area contributed by atoms with Gasteiger partial charge in [-0.25, -0.2) is 0 Å². The van der Waals surface area contributed by atoms with Crippen molar-refractivity contribution in [2.45, 2.75) is 120 Å². The summed E-state index contributed by atoms with van der Waals surface area (Å²) in [6, 6.07) is 0. The van der Waals surface area contributed by atoms with Crippen molar-refractivity contribution in [3.8, 4) is 0 Å². The zero-order valence-corrected chi connectivity index (χ0v) is 20.7. The van der Waals surface area contributed by atoms with E-state index in [1.165, 1.54) is 0 Å². The number of rotatable bonds is 9. The molecular weight excluding hydrogens is 464 g/mol. The lowest BCUT2D eigenvalue weighted by Gasteiger charge is -2.48. The molecule has 1 aliphatic carbocycles. The Morgan fingerprint density at radius 2 is 1.57 bits per heavy atom. The van der Waals surface area contributed by atoms with Crippen molar-refractivity contribution in [1.29, 1.82) is 0 Å². The highest BCUT2D eigenvalue weighted by Gasteiger charge is 2.49. The second-order valence-corrected chi connectivity index (χ2v) is 10.7. The molecule has 11 nitrogen and oxygen atoms in total. The first-order chi connectivity index (χ1) is 16.3. The second kappa shape index (κ2) is 11.4. The van der Waals surface area contributed by atoms with E-state index in [4.69, 9.17) is 18.9 Å². The molecule has 3 rings (SSSR count). The SMILES string of the molecule is C=C1CCCC(C)(C)C1(O)CCC(C)O[C@@H]1O[C@H](CO[C@@H]2O[C@@H](CO)[C@H](O)[C@H]2O)[C@@H](O)[C@H](O)[C@H]1O. The molecule has 7 N–H and O–H groups in total. The quantitative estimate of drug-likeness (QED) is 0.189. The first-order valence-electron chi connectivity index (χ1n) is 12.3. The van der Waals surface area contributed by atoms with Crippen LogP contribution in [0.3, 0.4) is 0 Å². The Kier molecular flexibility index (Phi) is 9.37. The van der Waals surface area contributed by atoms with Gasteiger partial charge >= 0.3 is 0 Å². The van der Waals surface area contributed by atoms with Crippen molar-refractivity contribution in [1.82, 2.24) is 0 Å². The molecule has 1 saturated carbocycles. The molecule has 2 aliphatic heterocycles. The molecule has 0 amide bonds. The molecule has 3 aliphatic rings. The minimum Gasteiger partial charge on any atom is -0.394 e. The number of hydrogen-bond acceptors (Lipinski definition) is 11. The van der Waals surface area contributed by atoms with Crippen LogP contribution in [0.4, 0.5) is 0 Å². The highest BCUT2D eigenvalue weighted by molar-refractivity contribution is 5.20. The van der Waals surface area contributed by atoms with E-state index in [0.717, 1.165) is 24.8 Å². The fourth-order valence-electron chi connectivity index (χ4n) is 5.22. The maximum Gasteiger partial charge on any atom is 0.186 e. The van der Waals surface area contributed by atoms with Gasteiger partial charge in [0, 0.05) is 0 Å². The van der Waals surface area contributed by atoms with Crippen LogP contribution in [0.5, 0.6) is 0 Å². The van der Waals surface area contributed by atoms with Gasteiger partial charge in [-0.3, -0.25) is 0 Å². The Balaban J connectivity index is 1.56. The summed E-state index contributed by atoms with van der Waals surface area (Å²) in [7, 11) is 0. The van der Waals surface area contributed by atoms with Gasteiger partial charge in [0.25, 0.3) is 0 Å². The number of aliphatic hydroxyl groups is 7. The first-order valence-corrected chi connectivity index (χ1v) is 12.3. The summed E-state index contributed by atoms with van der Waals surface area (Å²) in [4.78, 5) is 0. The van der Waals surface area contributed by atoms with Gasteiger partial charge in [-0.2, -0.15) is 0 Å². The molecule has 2 saturated heterocycles. The average Bonchev–Trinajstić information content (AvgIpc) is 3.08. The van der Waals surface area contributed by atoms with Crippen LogP contribution in [-0.4, -0.2) is 116 Å². The molecule has 204 valence electrons. The minimum absolute atomic E-state index is 0.332. The van der Waals surface area contributed by atoms with E-state index in [1.54, 1.807) is 6.92 Å². The number of hydrogen-bond donors (Lipinski definition) is 7. The lowest BCUT2D eigenvalue weighted by molar-refractivity contribution is -0.318. The predicted octanol–water partition coefficient (Wildman–Crippen LogP) is -1.07. The molecule has 35 heavy (non-hydrogen) atoms. The molecule has 0 spiro atoms. The van der Waals surface area contributed by atoms with Gasteiger partial charge in [-0.15, -0.1) is 0 Å². The zero-order valence-electron chi connectivity index (χ0n) is 20.7. The Morgan fingerprint density at radius 3 is 2.17 bits per heavy atom. The van der Waals surface area contributed by atoms with E-state index < -0.39 is 73.6 Å². The first kappa shape index (κ1) is 28.9. The molecule has 11 heteroatoms. The largest absolute Gasteiger partial charge is 0.394 e. The number of aliphatic hydroxyl groups excluding tert-OH is 6. The highest BCUT2D eigenvalue weighted by atomic mass is 16.7. The summed E-state index contributed by atoms with van der Waals surface area (Å²) in [5, 5.41) is 71.4. The van der Waals surface area contributed by atoms with Crippen LogP contribution in [0.25, 0.3) is 0 Å². The standard InChI is InChI=1S/C24H42O11/c1-12-6-5-8-23(3,4)24(12,31)9-7-13(2)33-22-20(30)18(28)17(27)15(35-22)11-32-21-19(29)16(26)14(10-25)34-21/h13-22,25-31H,1,5-11H2,2-4H3/t13?,14-,15+,16-,17+,18-,19+,20+,21+,22+,24?/m0/s1. The van der Waals surface area contributed by atoms with Crippen molar-refractivity contribution >= 4 is 0 Å². The third-order valence-electron chi connectivity index (χ3n) is 7.86. The summed E-state index contributed by atoms with van der Waals surface area (Å²) >= 11 is 0. The lowest BCUT2D eigenvalue weighted by Crippen LogP contribution is -2.60. The van der Waals surface area contributed by atoms with Gasteiger partial charge < -0.3 is 54.7 Å². The van der Waals surface area contributed by atoms with Crippen LogP contribution in [0, 0.1) is 5.41 Å². The topological polar surface area (TPSA) is 179 Å². The van der Waals surface area contributed by atoms with Crippen molar-refractivity contribution in [2.75, 3.05) is 13.2 Å². The van der Waals surface area contributed by atoms with E-state index in [1.807, 2.05) is 13.8 Å². The van der Waals surface area contributed by atoms with Crippen LogP contribution in [0.15, 0.2) is 12.2 Å². The van der Waals surface area contributed by atoms with Gasteiger partial charge in [0.05, 0.1) is 24.9 Å². The molecule has 2 unspecified atom stereocenters. The van der Waals surface area contributed by atoms with Crippen LogP contribution in [0.2, 0.25) is 0 Å². The van der Waals surface area contributed by atoms with Crippen molar-refractivity contribution in [2.24, 2.45) is 5.41 Å². The smallest absolute Gasteiger partial charge is 0.186 e. The number of ether oxygens (including phenoxy) is 4. The summed E-state index contributed by atoms with van der Waals surface area (Å²) < 4.78 is 22.2. The van der Waals surface area contributed by atoms with E-state index in [9.17, 15) is 35.7 Å². The van der Waals surface area contributed by atoms with Crippen molar-refractivity contribution < 1.29 is 54.7 Å². The zero-order chi connectivity index (χ0) is 26.1. The van der Waals surface area contributed by atoms with Crippen LogP contribution >= 0.6 is 0 Å². The molecule has 2 heterocycles. The summed E-state index contributed by atoms with van der Waals surface area (Å²) in [5.41, 5.74) is -0.572. The Labute approximate surface area is 205 Å². The molecule has 0 radical (unpaired) electrons. The fraction of sp³-hybridized carbons (Fsp3) is 0.917. The minimum atomic E-state index is -1.58. The molecular formula is C24H42O11. The average molecular weight is 507 g/mol. The Hall–Kier alpha value is -0.700. The van der Waals surface area contributed by atoms with Crippen LogP contribution in [-0.2, 0) is 18.9 Å². The van der Waals surface area contributed by atoms with E-state index in [-0.39, 0.29) is 12.0 Å². The molecule has 0 aromatic heterocycles. The van der Waals surface area contributed by atoms with E-state index >= 15 is 0 Å². The Bertz CT molecular complexity index is 718. The van der Waals surface area contributed by atoms with Crippen molar-refractivity contribution in [3.63, 3.8) is 0 Å². The second-order valence-electron chi connectivity index (χ2n) is 10.7. The van der Waals surface area contributed by atoms with Gasteiger partial charge in [0.15, 0.2) is 12.6 Å². The van der Waals surface area contributed by atoms with Gasteiger partial charge in [0.2, 0.25) is 0 Å².